The Hall–Kier alpha value is -3.41. The van der Waals surface area contributed by atoms with Gasteiger partial charge >= 0.3 is 0 Å². The Morgan fingerprint density at radius 3 is 2.37 bits per heavy atom. The third kappa shape index (κ3) is 3.99. The molecule has 2 N–H and O–H groups in total. The summed E-state index contributed by atoms with van der Waals surface area (Å²) in [7, 11) is 1.61. The summed E-state index contributed by atoms with van der Waals surface area (Å²) in [5.41, 5.74) is 3.77. The number of allylic oxidation sites excluding steroid dienone is 1. The van der Waals surface area contributed by atoms with E-state index in [1.54, 1.807) is 7.11 Å². The number of hydrogen-bond acceptors (Lipinski definition) is 4. The number of ether oxygens (including phenoxy) is 1. The van der Waals surface area contributed by atoms with Gasteiger partial charge in [-0.25, -0.2) is 0 Å². The lowest BCUT2D eigenvalue weighted by molar-refractivity contribution is -0.129. The minimum Gasteiger partial charge on any atom is -0.497 e. The predicted molar refractivity (Wildman–Crippen MR) is 113 cm³/mol. The Bertz CT molecular complexity index is 1020. The molecule has 2 amide bonds. The second kappa shape index (κ2) is 8.14. The minimum absolute atomic E-state index is 0.0184. The molecule has 0 saturated heterocycles. The normalized spacial score (nSPS) is 21.0. The van der Waals surface area contributed by atoms with Crippen LogP contribution in [0.3, 0.4) is 0 Å². The fourth-order valence-electron chi connectivity index (χ4n) is 4.16. The number of hydrogen-bond donors (Lipinski definition) is 2. The fraction of sp³-hybridized carbons (Fsp3) is 0.292. The molecule has 30 heavy (non-hydrogen) atoms. The van der Waals surface area contributed by atoms with E-state index in [2.05, 4.69) is 10.6 Å². The lowest BCUT2D eigenvalue weighted by Gasteiger charge is -2.33. The van der Waals surface area contributed by atoms with Crippen LogP contribution in [0.1, 0.15) is 36.3 Å². The van der Waals surface area contributed by atoms with Crippen molar-refractivity contribution in [3.63, 3.8) is 0 Å². The van der Waals surface area contributed by atoms with Gasteiger partial charge in [0.05, 0.1) is 13.0 Å². The molecule has 0 spiro atoms. The van der Waals surface area contributed by atoms with Gasteiger partial charge in [-0.2, -0.15) is 0 Å². The van der Waals surface area contributed by atoms with E-state index >= 15 is 0 Å². The number of benzene rings is 2. The van der Waals surface area contributed by atoms with Gasteiger partial charge in [0.25, 0.3) is 0 Å². The van der Waals surface area contributed by atoms with Crippen molar-refractivity contribution in [3.8, 4) is 5.75 Å². The lowest BCUT2D eigenvalue weighted by atomic mass is 9.75. The third-order valence-corrected chi connectivity index (χ3v) is 5.76. The second-order valence-corrected chi connectivity index (χ2v) is 7.85. The first kappa shape index (κ1) is 19.9. The van der Waals surface area contributed by atoms with Crippen molar-refractivity contribution in [2.45, 2.75) is 32.1 Å². The van der Waals surface area contributed by atoms with E-state index in [9.17, 15) is 14.4 Å². The molecule has 1 aliphatic heterocycles. The third-order valence-electron chi connectivity index (χ3n) is 5.76. The lowest BCUT2D eigenvalue weighted by Crippen LogP contribution is -2.43. The zero-order valence-corrected chi connectivity index (χ0v) is 17.0. The predicted octanol–water partition coefficient (Wildman–Crippen LogP) is 3.48. The van der Waals surface area contributed by atoms with E-state index in [-0.39, 0.29) is 29.9 Å². The number of Topliss-reactive ketones (excluding diaryl/α,β-unsaturated/α-hetero) is 1. The van der Waals surface area contributed by atoms with Crippen LogP contribution in [0.15, 0.2) is 59.8 Å². The van der Waals surface area contributed by atoms with Gasteiger partial charge in [0, 0.05) is 29.8 Å². The van der Waals surface area contributed by atoms with Crippen molar-refractivity contribution in [2.75, 3.05) is 12.4 Å². The van der Waals surface area contributed by atoms with Gasteiger partial charge in [0.15, 0.2) is 5.78 Å². The highest BCUT2D eigenvalue weighted by molar-refractivity contribution is 6.09. The Kier molecular flexibility index (Phi) is 5.40. The van der Waals surface area contributed by atoms with Crippen molar-refractivity contribution in [1.82, 2.24) is 5.32 Å². The van der Waals surface area contributed by atoms with E-state index in [0.29, 0.717) is 29.8 Å². The molecule has 2 atom stereocenters. The average Bonchev–Trinajstić information content (AvgIpc) is 2.74. The van der Waals surface area contributed by atoms with E-state index in [4.69, 9.17) is 4.74 Å². The number of carbonyl (C=O) groups is 3. The van der Waals surface area contributed by atoms with Crippen molar-refractivity contribution in [1.29, 1.82) is 0 Å². The Labute approximate surface area is 175 Å². The van der Waals surface area contributed by atoms with Gasteiger partial charge in [-0.1, -0.05) is 29.8 Å². The van der Waals surface area contributed by atoms with Gasteiger partial charge in [0.1, 0.15) is 5.75 Å². The molecule has 154 valence electrons. The quantitative estimate of drug-likeness (QED) is 0.817. The van der Waals surface area contributed by atoms with Crippen LogP contribution in [0.5, 0.6) is 5.75 Å². The van der Waals surface area contributed by atoms with E-state index in [1.165, 1.54) is 0 Å². The molecule has 4 rings (SSSR count). The molecular weight excluding hydrogens is 380 g/mol. The van der Waals surface area contributed by atoms with Crippen LogP contribution in [0.25, 0.3) is 0 Å². The molecule has 1 heterocycles. The smallest absolute Gasteiger partial charge is 0.232 e. The number of carbonyl (C=O) groups excluding carboxylic acids is 3. The number of methoxy groups -OCH3 is 1. The molecule has 0 fully saturated rings. The molecule has 0 unspecified atom stereocenters. The van der Waals surface area contributed by atoms with E-state index in [1.807, 2.05) is 55.5 Å². The largest absolute Gasteiger partial charge is 0.497 e. The summed E-state index contributed by atoms with van der Waals surface area (Å²) < 4.78 is 5.20. The van der Waals surface area contributed by atoms with Crippen LogP contribution in [-0.4, -0.2) is 24.7 Å². The van der Waals surface area contributed by atoms with Crippen LogP contribution in [0.4, 0.5) is 5.69 Å². The molecule has 1 aliphatic carbocycles. The highest BCUT2D eigenvalue weighted by atomic mass is 16.5. The van der Waals surface area contributed by atoms with E-state index < -0.39 is 5.92 Å². The molecule has 0 saturated carbocycles. The maximum absolute atomic E-state index is 13.0. The van der Waals surface area contributed by atoms with Crippen molar-refractivity contribution in [3.05, 3.63) is 70.9 Å². The molecule has 2 aromatic rings. The summed E-state index contributed by atoms with van der Waals surface area (Å²) in [4.78, 5) is 38.3. The first-order valence-corrected chi connectivity index (χ1v) is 10.0. The van der Waals surface area contributed by atoms with Crippen LogP contribution < -0.4 is 15.4 Å². The molecule has 0 aromatic heterocycles. The minimum atomic E-state index is -0.764. The highest BCUT2D eigenvalue weighted by Gasteiger charge is 2.40. The number of anilines is 1. The number of ketones is 1. The van der Waals surface area contributed by atoms with E-state index in [0.717, 1.165) is 16.9 Å². The van der Waals surface area contributed by atoms with Gasteiger partial charge < -0.3 is 15.4 Å². The summed E-state index contributed by atoms with van der Waals surface area (Å²) in [5, 5.41) is 5.69. The summed E-state index contributed by atoms with van der Waals surface area (Å²) >= 11 is 0. The maximum atomic E-state index is 13.0. The standard InChI is InChI=1S/C24H24N2O4/c1-14-3-7-17(8-4-14)25-24(29)19-13-22(28)26-20-11-16(12-21(27)23(19)20)15-5-9-18(30-2)10-6-15/h3-10,16,19H,11-13H2,1-2H3,(H,25,29)(H,26,28)/t16-,19+/m0/s1. The molecule has 0 radical (unpaired) electrons. The summed E-state index contributed by atoms with van der Waals surface area (Å²) in [6.45, 7) is 1.97. The van der Waals surface area contributed by atoms with Gasteiger partial charge in [-0.3, -0.25) is 14.4 Å². The van der Waals surface area contributed by atoms with Gasteiger partial charge in [-0.05, 0) is 49.1 Å². The molecule has 2 aliphatic rings. The van der Waals surface area contributed by atoms with Gasteiger partial charge in [-0.15, -0.1) is 0 Å². The Morgan fingerprint density at radius 1 is 1.00 bits per heavy atom. The fourth-order valence-corrected chi connectivity index (χ4v) is 4.16. The Balaban J connectivity index is 1.58. The first-order valence-electron chi connectivity index (χ1n) is 10.0. The average molecular weight is 404 g/mol. The summed E-state index contributed by atoms with van der Waals surface area (Å²) in [6.07, 6.45) is 0.818. The van der Waals surface area contributed by atoms with Crippen LogP contribution in [0.2, 0.25) is 0 Å². The molecular formula is C24H24N2O4. The monoisotopic (exact) mass is 404 g/mol. The molecule has 6 nitrogen and oxygen atoms in total. The second-order valence-electron chi connectivity index (χ2n) is 7.85. The van der Waals surface area contributed by atoms with Crippen LogP contribution in [-0.2, 0) is 14.4 Å². The van der Waals surface area contributed by atoms with Crippen molar-refractivity contribution in [2.24, 2.45) is 5.92 Å². The number of rotatable bonds is 4. The van der Waals surface area contributed by atoms with Crippen molar-refractivity contribution >= 4 is 23.3 Å². The summed E-state index contributed by atoms with van der Waals surface area (Å²) in [6, 6.07) is 15.0. The first-order chi connectivity index (χ1) is 14.4. The maximum Gasteiger partial charge on any atom is 0.232 e. The highest BCUT2D eigenvalue weighted by Crippen LogP contribution is 2.39. The number of amides is 2. The van der Waals surface area contributed by atoms with Crippen LogP contribution in [0, 0.1) is 12.8 Å². The van der Waals surface area contributed by atoms with Crippen molar-refractivity contribution < 1.29 is 19.1 Å². The summed E-state index contributed by atoms with van der Waals surface area (Å²) in [5.74, 6) is -0.695. The molecule has 2 aromatic carbocycles. The SMILES string of the molecule is COc1ccc([C@@H]2CC(=O)C3=C(C2)NC(=O)C[C@H]3C(=O)Nc2ccc(C)cc2)cc1. The topological polar surface area (TPSA) is 84.5 Å². The van der Waals surface area contributed by atoms with Gasteiger partial charge in [0.2, 0.25) is 11.8 Å². The molecule has 0 bridgehead atoms. The van der Waals surface area contributed by atoms with Crippen LogP contribution >= 0.6 is 0 Å². The zero-order chi connectivity index (χ0) is 21.3. The number of aryl methyl sites for hydroxylation is 1. The number of nitrogens with one attached hydrogen (secondary N) is 2. The Morgan fingerprint density at radius 2 is 1.70 bits per heavy atom. The zero-order valence-electron chi connectivity index (χ0n) is 17.0. The molecule has 6 heteroatoms.